The largest absolute Gasteiger partial charge is 0.489 e. The molecule has 8 heteroatoms. The number of rotatable bonds is 9. The molecular formula is C23H19ClN2O5. The number of aliphatic carboxylic acids is 1. The first kappa shape index (κ1) is 21.9. The van der Waals surface area contributed by atoms with Crippen molar-refractivity contribution in [2.75, 3.05) is 6.61 Å². The molecule has 0 aromatic heterocycles. The maximum Gasteiger partial charge on any atom is 0.341 e. The molecule has 0 aliphatic rings. The average Bonchev–Trinajstić information content (AvgIpc) is 2.78. The summed E-state index contributed by atoms with van der Waals surface area (Å²) in [4.78, 5) is 22.7. The molecule has 1 amide bonds. The lowest BCUT2D eigenvalue weighted by molar-refractivity contribution is -0.139. The average molecular weight is 439 g/mol. The van der Waals surface area contributed by atoms with Crippen LogP contribution in [0.5, 0.6) is 11.5 Å². The van der Waals surface area contributed by atoms with Gasteiger partial charge in [0.1, 0.15) is 18.1 Å². The molecule has 158 valence electrons. The maximum absolute atomic E-state index is 12.2. The van der Waals surface area contributed by atoms with Crippen LogP contribution in [0.2, 0.25) is 5.02 Å². The molecule has 3 aromatic carbocycles. The maximum atomic E-state index is 12.2. The molecule has 0 radical (unpaired) electrons. The molecule has 7 nitrogen and oxygen atoms in total. The second-order valence-electron chi connectivity index (χ2n) is 6.39. The molecule has 2 N–H and O–H groups in total. The van der Waals surface area contributed by atoms with Crippen LogP contribution < -0.4 is 14.9 Å². The Balaban J connectivity index is 1.47. The number of nitrogens with one attached hydrogen (secondary N) is 1. The molecule has 3 aromatic rings. The van der Waals surface area contributed by atoms with Crippen molar-refractivity contribution in [3.8, 4) is 11.5 Å². The Labute approximate surface area is 183 Å². The molecule has 0 aliphatic carbocycles. The zero-order valence-electron chi connectivity index (χ0n) is 16.3. The van der Waals surface area contributed by atoms with Gasteiger partial charge in [-0.3, -0.25) is 4.79 Å². The first-order valence-corrected chi connectivity index (χ1v) is 9.63. The third-order valence-electron chi connectivity index (χ3n) is 4.06. The fourth-order valence-electron chi connectivity index (χ4n) is 2.48. The van der Waals surface area contributed by atoms with Crippen LogP contribution in [0, 0.1) is 0 Å². The zero-order chi connectivity index (χ0) is 22.1. The quantitative estimate of drug-likeness (QED) is 0.386. The number of hydrazone groups is 1. The summed E-state index contributed by atoms with van der Waals surface area (Å²) >= 11 is 5.86. The first-order valence-electron chi connectivity index (χ1n) is 9.25. The normalized spacial score (nSPS) is 10.6. The van der Waals surface area contributed by atoms with Gasteiger partial charge in [-0.15, -0.1) is 0 Å². The van der Waals surface area contributed by atoms with E-state index in [2.05, 4.69) is 10.5 Å². The number of hydrogen-bond acceptors (Lipinski definition) is 5. The third kappa shape index (κ3) is 7.17. The number of carbonyl (C=O) groups is 2. The van der Waals surface area contributed by atoms with E-state index in [4.69, 9.17) is 26.2 Å². The van der Waals surface area contributed by atoms with Gasteiger partial charge in [0.2, 0.25) is 0 Å². The SMILES string of the molecule is O=C(O)COc1ccc(/C=N/NC(=O)c2ccc(OCc3ccc(Cl)cc3)cc2)cc1. The van der Waals surface area contributed by atoms with Gasteiger partial charge in [0.25, 0.3) is 5.91 Å². The molecule has 0 heterocycles. The second-order valence-corrected chi connectivity index (χ2v) is 6.83. The van der Waals surface area contributed by atoms with Gasteiger partial charge in [0.15, 0.2) is 6.61 Å². The molecule has 3 rings (SSSR count). The molecule has 0 fully saturated rings. The molecular weight excluding hydrogens is 420 g/mol. The summed E-state index contributed by atoms with van der Waals surface area (Å²) in [6, 6.07) is 20.7. The summed E-state index contributed by atoms with van der Waals surface area (Å²) in [5.74, 6) is -0.335. The molecule has 0 aliphatic heterocycles. The van der Waals surface area contributed by atoms with Gasteiger partial charge >= 0.3 is 5.97 Å². The van der Waals surface area contributed by atoms with E-state index in [-0.39, 0.29) is 5.91 Å². The fraction of sp³-hybridized carbons (Fsp3) is 0.0870. The summed E-state index contributed by atoms with van der Waals surface area (Å²) in [5.41, 5.74) is 4.60. The molecule has 0 unspecified atom stereocenters. The van der Waals surface area contributed by atoms with Gasteiger partial charge in [0, 0.05) is 10.6 Å². The van der Waals surface area contributed by atoms with Gasteiger partial charge < -0.3 is 14.6 Å². The number of benzene rings is 3. The highest BCUT2D eigenvalue weighted by atomic mass is 35.5. The van der Waals surface area contributed by atoms with E-state index >= 15 is 0 Å². The third-order valence-corrected chi connectivity index (χ3v) is 4.31. The lowest BCUT2D eigenvalue weighted by atomic mass is 10.2. The van der Waals surface area contributed by atoms with Crippen molar-refractivity contribution in [1.82, 2.24) is 5.43 Å². The van der Waals surface area contributed by atoms with E-state index in [9.17, 15) is 9.59 Å². The van der Waals surface area contributed by atoms with Crippen LogP contribution in [0.1, 0.15) is 21.5 Å². The predicted molar refractivity (Wildman–Crippen MR) is 117 cm³/mol. The second kappa shape index (κ2) is 10.8. The molecule has 0 saturated carbocycles. The Kier molecular flexibility index (Phi) is 7.61. The van der Waals surface area contributed by atoms with Crippen molar-refractivity contribution in [3.05, 3.63) is 94.5 Å². The van der Waals surface area contributed by atoms with Crippen molar-refractivity contribution in [3.63, 3.8) is 0 Å². The van der Waals surface area contributed by atoms with Crippen LogP contribution in [0.3, 0.4) is 0 Å². The van der Waals surface area contributed by atoms with Gasteiger partial charge in [-0.1, -0.05) is 23.7 Å². The number of hydrogen-bond donors (Lipinski definition) is 2. The Bertz CT molecular complexity index is 1050. The fourth-order valence-corrected chi connectivity index (χ4v) is 2.60. The minimum Gasteiger partial charge on any atom is -0.489 e. The van der Waals surface area contributed by atoms with Crippen LogP contribution >= 0.6 is 11.6 Å². The molecule has 31 heavy (non-hydrogen) atoms. The van der Waals surface area contributed by atoms with Crippen LogP contribution in [0.25, 0.3) is 0 Å². The zero-order valence-corrected chi connectivity index (χ0v) is 17.1. The Hall–Kier alpha value is -3.84. The molecule has 0 saturated heterocycles. The van der Waals surface area contributed by atoms with Gasteiger partial charge in [-0.25, -0.2) is 10.2 Å². The number of halogens is 1. The number of ether oxygens (including phenoxy) is 2. The highest BCUT2D eigenvalue weighted by Crippen LogP contribution is 2.16. The van der Waals surface area contributed by atoms with E-state index < -0.39 is 12.6 Å². The summed E-state index contributed by atoms with van der Waals surface area (Å²) in [6.07, 6.45) is 1.47. The Morgan fingerprint density at radius 1 is 0.903 bits per heavy atom. The van der Waals surface area contributed by atoms with Gasteiger partial charge in [-0.05, 0) is 71.8 Å². The van der Waals surface area contributed by atoms with E-state index in [0.29, 0.717) is 34.3 Å². The minimum absolute atomic E-state index is 0.359. The van der Waals surface area contributed by atoms with Crippen molar-refractivity contribution in [1.29, 1.82) is 0 Å². The molecule has 0 bridgehead atoms. The molecule has 0 spiro atoms. The van der Waals surface area contributed by atoms with E-state index in [0.717, 1.165) is 5.56 Å². The first-order chi connectivity index (χ1) is 15.0. The highest BCUT2D eigenvalue weighted by Gasteiger charge is 2.05. The van der Waals surface area contributed by atoms with Crippen molar-refractivity contribution in [2.24, 2.45) is 5.10 Å². The lowest BCUT2D eigenvalue weighted by Crippen LogP contribution is -2.17. The topological polar surface area (TPSA) is 97.2 Å². The van der Waals surface area contributed by atoms with Gasteiger partial charge in [0.05, 0.1) is 6.21 Å². The van der Waals surface area contributed by atoms with Gasteiger partial charge in [-0.2, -0.15) is 5.10 Å². The number of nitrogens with zero attached hydrogens (tertiary/aromatic N) is 1. The van der Waals surface area contributed by atoms with Crippen LogP contribution in [-0.2, 0) is 11.4 Å². The summed E-state index contributed by atoms with van der Waals surface area (Å²) in [6.45, 7) is -0.0123. The van der Waals surface area contributed by atoms with Crippen LogP contribution in [0.15, 0.2) is 77.9 Å². The van der Waals surface area contributed by atoms with Crippen molar-refractivity contribution >= 4 is 29.7 Å². The minimum atomic E-state index is -1.05. The van der Waals surface area contributed by atoms with Crippen LogP contribution in [0.4, 0.5) is 0 Å². The number of carboxylic acid groups (broad SMARTS) is 1. The molecule has 0 atom stereocenters. The Morgan fingerprint density at radius 2 is 1.52 bits per heavy atom. The predicted octanol–water partition coefficient (Wildman–Crippen LogP) is 4.15. The summed E-state index contributed by atoms with van der Waals surface area (Å²) < 4.78 is 10.7. The monoisotopic (exact) mass is 438 g/mol. The lowest BCUT2D eigenvalue weighted by Gasteiger charge is -2.07. The highest BCUT2D eigenvalue weighted by molar-refractivity contribution is 6.30. The standard InChI is InChI=1S/C23H19ClN2O5/c24-19-7-1-17(2-8-19)14-30-21-11-5-18(6-12-21)23(29)26-25-13-16-3-9-20(10-4-16)31-15-22(27)28/h1-13H,14-15H2,(H,26,29)(H,27,28)/b25-13+. The Morgan fingerprint density at radius 3 is 2.16 bits per heavy atom. The number of carbonyl (C=O) groups excluding carboxylic acids is 1. The van der Waals surface area contributed by atoms with E-state index in [1.54, 1.807) is 60.7 Å². The number of amides is 1. The summed E-state index contributed by atoms with van der Waals surface area (Å²) in [5, 5.41) is 13.2. The van der Waals surface area contributed by atoms with E-state index in [1.165, 1.54) is 6.21 Å². The smallest absolute Gasteiger partial charge is 0.341 e. The van der Waals surface area contributed by atoms with Crippen molar-refractivity contribution in [2.45, 2.75) is 6.61 Å². The van der Waals surface area contributed by atoms with Crippen molar-refractivity contribution < 1.29 is 24.2 Å². The number of carboxylic acids is 1. The van der Waals surface area contributed by atoms with E-state index in [1.807, 2.05) is 12.1 Å². The summed E-state index contributed by atoms with van der Waals surface area (Å²) in [7, 11) is 0. The van der Waals surface area contributed by atoms with Crippen LogP contribution in [-0.4, -0.2) is 29.8 Å².